The van der Waals surface area contributed by atoms with Crippen LogP contribution in [-0.4, -0.2) is 30.6 Å². The number of fused-ring (bicyclic) bond motifs is 1. The van der Waals surface area contributed by atoms with E-state index in [-0.39, 0.29) is 5.91 Å². The van der Waals surface area contributed by atoms with Gasteiger partial charge in [0, 0.05) is 17.8 Å². The fourth-order valence-electron chi connectivity index (χ4n) is 2.92. The molecule has 1 heterocycles. The lowest BCUT2D eigenvalue weighted by Crippen LogP contribution is -2.38. The molecule has 0 saturated heterocycles. The highest BCUT2D eigenvalue weighted by molar-refractivity contribution is 6.07. The molecule has 0 aromatic heterocycles. The number of carbonyl (C=O) groups is 2. The Kier molecular flexibility index (Phi) is 4.02. The van der Waals surface area contributed by atoms with E-state index in [0.717, 1.165) is 0 Å². The molecule has 118 valence electrons. The summed E-state index contributed by atoms with van der Waals surface area (Å²) in [6.07, 6.45) is 0.411. The molecule has 1 unspecified atom stereocenters. The summed E-state index contributed by atoms with van der Waals surface area (Å²) in [5, 5.41) is 9.37. The van der Waals surface area contributed by atoms with Crippen LogP contribution in [-0.2, 0) is 4.79 Å². The number of ether oxygens (including phenoxy) is 1. The summed E-state index contributed by atoms with van der Waals surface area (Å²) in [5.74, 6) is -0.865. The second-order valence-corrected chi connectivity index (χ2v) is 5.42. The topological polar surface area (TPSA) is 66.8 Å². The second-order valence-electron chi connectivity index (χ2n) is 5.42. The number of carboxylic acid groups (broad SMARTS) is 1. The molecule has 1 N–H and O–H groups in total. The van der Waals surface area contributed by atoms with Gasteiger partial charge in [0.1, 0.15) is 5.75 Å². The summed E-state index contributed by atoms with van der Waals surface area (Å²) >= 11 is 0. The van der Waals surface area contributed by atoms with Gasteiger partial charge in [-0.15, -0.1) is 0 Å². The standard InChI is InChI=1S/C18H17NO4/c1-23-13-8-6-12(7-9-13)17(20)19-11-10-15(18(21)22)14-4-2-3-5-16(14)19/h2-9,15H,10-11H2,1H3,(H,21,22). The molecule has 1 atom stereocenters. The lowest BCUT2D eigenvalue weighted by Gasteiger charge is -2.32. The predicted octanol–water partition coefficient (Wildman–Crippen LogP) is 2.91. The smallest absolute Gasteiger partial charge is 0.311 e. The van der Waals surface area contributed by atoms with E-state index in [9.17, 15) is 14.7 Å². The number of methoxy groups -OCH3 is 1. The van der Waals surface area contributed by atoms with Crippen LogP contribution < -0.4 is 9.64 Å². The molecule has 2 aromatic rings. The molecule has 1 aliphatic rings. The van der Waals surface area contributed by atoms with Crippen LogP contribution in [0.5, 0.6) is 5.75 Å². The van der Waals surface area contributed by atoms with Gasteiger partial charge in [0.15, 0.2) is 0 Å². The van der Waals surface area contributed by atoms with E-state index in [1.807, 2.05) is 6.07 Å². The first-order valence-electron chi connectivity index (χ1n) is 7.39. The summed E-state index contributed by atoms with van der Waals surface area (Å²) in [5.41, 5.74) is 1.91. The zero-order chi connectivity index (χ0) is 16.4. The molecule has 3 rings (SSSR count). The Hall–Kier alpha value is -2.82. The molecule has 1 aliphatic heterocycles. The van der Waals surface area contributed by atoms with E-state index < -0.39 is 11.9 Å². The monoisotopic (exact) mass is 311 g/mol. The Bertz CT molecular complexity index is 739. The van der Waals surface area contributed by atoms with Crippen molar-refractivity contribution < 1.29 is 19.4 Å². The molecule has 2 aromatic carbocycles. The number of hydrogen-bond acceptors (Lipinski definition) is 3. The molecule has 5 heteroatoms. The number of carbonyl (C=O) groups excluding carboxylic acids is 1. The van der Waals surface area contributed by atoms with Crippen molar-refractivity contribution in [1.29, 1.82) is 0 Å². The van der Waals surface area contributed by atoms with Gasteiger partial charge in [-0.2, -0.15) is 0 Å². The summed E-state index contributed by atoms with van der Waals surface area (Å²) in [6.45, 7) is 0.388. The van der Waals surface area contributed by atoms with E-state index in [1.165, 1.54) is 0 Å². The molecule has 1 amide bonds. The third kappa shape index (κ3) is 2.77. The number of para-hydroxylation sites is 1. The van der Waals surface area contributed by atoms with Gasteiger partial charge in [-0.05, 0) is 42.3 Å². The Balaban J connectivity index is 1.95. The molecule has 0 saturated carbocycles. The maximum atomic E-state index is 12.8. The van der Waals surface area contributed by atoms with Gasteiger partial charge in [0.25, 0.3) is 5.91 Å². The third-order valence-corrected chi connectivity index (χ3v) is 4.12. The number of nitrogens with zero attached hydrogens (tertiary/aromatic N) is 1. The number of amides is 1. The van der Waals surface area contributed by atoms with Crippen LogP contribution >= 0.6 is 0 Å². The van der Waals surface area contributed by atoms with E-state index in [4.69, 9.17) is 4.74 Å². The van der Waals surface area contributed by atoms with E-state index in [0.29, 0.717) is 35.5 Å². The first kappa shape index (κ1) is 15.1. The van der Waals surface area contributed by atoms with Crippen molar-refractivity contribution in [3.63, 3.8) is 0 Å². The molecule has 23 heavy (non-hydrogen) atoms. The van der Waals surface area contributed by atoms with Crippen molar-refractivity contribution in [3.8, 4) is 5.75 Å². The molecule has 0 radical (unpaired) electrons. The van der Waals surface area contributed by atoms with Crippen LogP contribution in [0.25, 0.3) is 0 Å². The first-order valence-corrected chi connectivity index (χ1v) is 7.39. The summed E-state index contributed by atoms with van der Waals surface area (Å²) < 4.78 is 5.10. The van der Waals surface area contributed by atoms with E-state index in [2.05, 4.69) is 0 Å². The maximum absolute atomic E-state index is 12.8. The van der Waals surface area contributed by atoms with Crippen molar-refractivity contribution in [1.82, 2.24) is 0 Å². The van der Waals surface area contributed by atoms with Crippen molar-refractivity contribution >= 4 is 17.6 Å². The highest BCUT2D eigenvalue weighted by Crippen LogP contribution is 2.36. The van der Waals surface area contributed by atoms with Crippen LogP contribution in [0.15, 0.2) is 48.5 Å². The van der Waals surface area contributed by atoms with Gasteiger partial charge in [-0.25, -0.2) is 0 Å². The van der Waals surface area contributed by atoms with Gasteiger partial charge in [0.2, 0.25) is 0 Å². The third-order valence-electron chi connectivity index (χ3n) is 4.12. The van der Waals surface area contributed by atoms with Crippen molar-refractivity contribution in [2.45, 2.75) is 12.3 Å². The maximum Gasteiger partial charge on any atom is 0.311 e. The summed E-state index contributed by atoms with van der Waals surface area (Å²) in [6, 6.07) is 14.1. The number of hydrogen-bond donors (Lipinski definition) is 1. The number of anilines is 1. The minimum Gasteiger partial charge on any atom is -0.497 e. The average Bonchev–Trinajstić information content (AvgIpc) is 2.60. The lowest BCUT2D eigenvalue weighted by molar-refractivity contribution is -0.139. The molecule has 5 nitrogen and oxygen atoms in total. The predicted molar refractivity (Wildman–Crippen MR) is 86.1 cm³/mol. The molecular weight excluding hydrogens is 294 g/mol. The number of benzene rings is 2. The highest BCUT2D eigenvalue weighted by atomic mass is 16.5. The zero-order valence-electron chi connectivity index (χ0n) is 12.7. The van der Waals surface area contributed by atoms with Crippen molar-refractivity contribution in [2.24, 2.45) is 0 Å². The van der Waals surface area contributed by atoms with Gasteiger partial charge >= 0.3 is 5.97 Å². The Morgan fingerprint density at radius 1 is 1.13 bits per heavy atom. The van der Waals surface area contributed by atoms with Gasteiger partial charge < -0.3 is 14.7 Å². The minimum atomic E-state index is -0.853. The quantitative estimate of drug-likeness (QED) is 0.946. The fourth-order valence-corrected chi connectivity index (χ4v) is 2.92. The van der Waals surface area contributed by atoms with Gasteiger partial charge in [-0.1, -0.05) is 18.2 Å². The normalized spacial score (nSPS) is 16.6. The first-order chi connectivity index (χ1) is 11.1. The van der Waals surface area contributed by atoms with Gasteiger partial charge in [-0.3, -0.25) is 9.59 Å². The minimum absolute atomic E-state index is 0.135. The summed E-state index contributed by atoms with van der Waals surface area (Å²) in [7, 11) is 1.57. The molecule has 0 fully saturated rings. The van der Waals surface area contributed by atoms with Crippen LogP contribution in [0, 0.1) is 0 Å². The fraction of sp³-hybridized carbons (Fsp3) is 0.222. The van der Waals surface area contributed by atoms with E-state index in [1.54, 1.807) is 54.5 Å². The number of rotatable bonds is 3. The lowest BCUT2D eigenvalue weighted by atomic mass is 9.89. The van der Waals surface area contributed by atoms with Crippen LogP contribution in [0.3, 0.4) is 0 Å². The van der Waals surface area contributed by atoms with Crippen molar-refractivity contribution in [3.05, 3.63) is 59.7 Å². The Morgan fingerprint density at radius 2 is 1.83 bits per heavy atom. The Morgan fingerprint density at radius 3 is 2.48 bits per heavy atom. The molecular formula is C18H17NO4. The summed E-state index contributed by atoms with van der Waals surface area (Å²) in [4.78, 5) is 25.8. The van der Waals surface area contributed by atoms with Crippen LogP contribution in [0.1, 0.15) is 28.3 Å². The number of carboxylic acids is 1. The second kappa shape index (κ2) is 6.12. The average molecular weight is 311 g/mol. The molecule has 0 aliphatic carbocycles. The molecule has 0 bridgehead atoms. The highest BCUT2D eigenvalue weighted by Gasteiger charge is 2.32. The SMILES string of the molecule is COc1ccc(C(=O)N2CCC(C(=O)O)c3ccccc32)cc1. The van der Waals surface area contributed by atoms with E-state index >= 15 is 0 Å². The molecule has 0 spiro atoms. The largest absolute Gasteiger partial charge is 0.497 e. The number of aliphatic carboxylic acids is 1. The van der Waals surface area contributed by atoms with Crippen LogP contribution in [0.4, 0.5) is 5.69 Å². The van der Waals surface area contributed by atoms with Gasteiger partial charge in [0.05, 0.1) is 13.0 Å². The van der Waals surface area contributed by atoms with Crippen molar-refractivity contribution in [2.75, 3.05) is 18.6 Å². The van der Waals surface area contributed by atoms with Crippen LogP contribution in [0.2, 0.25) is 0 Å². The zero-order valence-corrected chi connectivity index (χ0v) is 12.7. The Labute approximate surface area is 134 Å².